The highest BCUT2D eigenvalue weighted by Crippen LogP contribution is 2.23. The lowest BCUT2D eigenvalue weighted by Crippen LogP contribution is -2.46. The van der Waals surface area contributed by atoms with E-state index in [1.165, 1.54) is 0 Å². The average Bonchev–Trinajstić information content (AvgIpc) is 2.38. The predicted octanol–water partition coefficient (Wildman–Crippen LogP) is -0.351. The van der Waals surface area contributed by atoms with Crippen molar-refractivity contribution in [2.75, 3.05) is 38.3 Å². The number of nitrogens with two attached hydrogens (primary N) is 1. The van der Waals surface area contributed by atoms with Crippen molar-refractivity contribution >= 4 is 5.82 Å². The normalized spacial score (nSPS) is 20.9. The van der Waals surface area contributed by atoms with Gasteiger partial charge in [0.2, 0.25) is 0 Å². The molecule has 0 saturated carbocycles. The van der Waals surface area contributed by atoms with Crippen molar-refractivity contribution in [1.29, 1.82) is 0 Å². The molecule has 1 aromatic heterocycles. The Morgan fingerprint density at radius 1 is 1.56 bits per heavy atom. The molecule has 1 aromatic rings. The monoisotopic (exact) mass is 224 g/mol. The molecule has 1 aliphatic heterocycles. The standard InChI is InChI=1S/C10H16N4O2/c1-15-10-9(12-2-3-13-10)14-4-5-16-8(6-11)7-14/h2-3,8H,4-7,11H2,1H3/t8-/m0/s1. The average molecular weight is 224 g/mol. The molecule has 1 saturated heterocycles. The topological polar surface area (TPSA) is 73.5 Å². The van der Waals surface area contributed by atoms with Gasteiger partial charge in [-0.2, -0.15) is 0 Å². The molecule has 2 heterocycles. The Balaban J connectivity index is 2.16. The van der Waals surface area contributed by atoms with Crippen LogP contribution in [0.4, 0.5) is 5.82 Å². The van der Waals surface area contributed by atoms with Crippen LogP contribution in [0.3, 0.4) is 0 Å². The summed E-state index contributed by atoms with van der Waals surface area (Å²) < 4.78 is 10.7. The molecule has 0 bridgehead atoms. The maximum Gasteiger partial charge on any atom is 0.257 e. The van der Waals surface area contributed by atoms with E-state index >= 15 is 0 Å². The Kier molecular flexibility index (Phi) is 3.53. The van der Waals surface area contributed by atoms with Gasteiger partial charge in [0, 0.05) is 32.0 Å². The van der Waals surface area contributed by atoms with Crippen LogP contribution in [-0.4, -0.2) is 49.4 Å². The van der Waals surface area contributed by atoms with Gasteiger partial charge in [0.1, 0.15) is 0 Å². The molecule has 0 amide bonds. The van der Waals surface area contributed by atoms with Gasteiger partial charge in [-0.05, 0) is 0 Å². The number of methoxy groups -OCH3 is 1. The second-order valence-electron chi connectivity index (χ2n) is 3.56. The fourth-order valence-corrected chi connectivity index (χ4v) is 1.73. The molecule has 6 heteroatoms. The van der Waals surface area contributed by atoms with Crippen LogP contribution in [0.2, 0.25) is 0 Å². The number of nitrogens with zero attached hydrogens (tertiary/aromatic N) is 3. The van der Waals surface area contributed by atoms with Gasteiger partial charge >= 0.3 is 0 Å². The fourth-order valence-electron chi connectivity index (χ4n) is 1.73. The minimum Gasteiger partial charge on any atom is -0.478 e. The molecule has 2 rings (SSSR count). The van der Waals surface area contributed by atoms with Gasteiger partial charge in [0.15, 0.2) is 5.82 Å². The number of hydrogen-bond donors (Lipinski definition) is 1. The highest BCUT2D eigenvalue weighted by Gasteiger charge is 2.23. The van der Waals surface area contributed by atoms with Crippen LogP contribution in [-0.2, 0) is 4.74 Å². The zero-order valence-corrected chi connectivity index (χ0v) is 9.30. The maximum absolute atomic E-state index is 5.60. The molecule has 1 atom stereocenters. The summed E-state index contributed by atoms with van der Waals surface area (Å²) in [5, 5.41) is 0. The fraction of sp³-hybridized carbons (Fsp3) is 0.600. The van der Waals surface area contributed by atoms with Gasteiger partial charge in [-0.15, -0.1) is 0 Å². The van der Waals surface area contributed by atoms with E-state index in [0.29, 0.717) is 19.0 Å². The number of anilines is 1. The molecule has 1 aliphatic rings. The second kappa shape index (κ2) is 5.09. The first-order chi connectivity index (χ1) is 7.85. The lowest BCUT2D eigenvalue weighted by Gasteiger charge is -2.33. The van der Waals surface area contributed by atoms with Crippen LogP contribution in [0.25, 0.3) is 0 Å². The molecule has 0 radical (unpaired) electrons. The van der Waals surface area contributed by atoms with E-state index in [-0.39, 0.29) is 6.10 Å². The lowest BCUT2D eigenvalue weighted by atomic mass is 10.2. The molecule has 88 valence electrons. The van der Waals surface area contributed by atoms with Crippen molar-refractivity contribution < 1.29 is 9.47 Å². The molecule has 16 heavy (non-hydrogen) atoms. The van der Waals surface area contributed by atoms with E-state index in [0.717, 1.165) is 18.9 Å². The van der Waals surface area contributed by atoms with E-state index in [1.54, 1.807) is 19.5 Å². The number of morpholine rings is 1. The van der Waals surface area contributed by atoms with E-state index in [4.69, 9.17) is 15.2 Å². The maximum atomic E-state index is 5.60. The largest absolute Gasteiger partial charge is 0.478 e. The minimum atomic E-state index is 0.0560. The molecule has 1 fully saturated rings. The Labute approximate surface area is 94.4 Å². The van der Waals surface area contributed by atoms with E-state index in [9.17, 15) is 0 Å². The lowest BCUT2D eigenvalue weighted by molar-refractivity contribution is 0.0461. The quantitative estimate of drug-likeness (QED) is 0.756. The summed E-state index contributed by atoms with van der Waals surface area (Å²) in [6.07, 6.45) is 3.33. The van der Waals surface area contributed by atoms with Crippen molar-refractivity contribution in [3.8, 4) is 5.88 Å². The zero-order valence-electron chi connectivity index (χ0n) is 9.30. The molecule has 0 spiro atoms. The Hall–Kier alpha value is -1.40. The van der Waals surface area contributed by atoms with Crippen LogP contribution < -0.4 is 15.4 Å². The number of ether oxygens (including phenoxy) is 2. The SMILES string of the molecule is COc1nccnc1N1CCO[C@@H](CN)C1. The number of hydrogen-bond acceptors (Lipinski definition) is 6. The van der Waals surface area contributed by atoms with Crippen LogP contribution in [0.5, 0.6) is 5.88 Å². The Morgan fingerprint density at radius 3 is 3.12 bits per heavy atom. The summed E-state index contributed by atoms with van der Waals surface area (Å²) >= 11 is 0. The summed E-state index contributed by atoms with van der Waals surface area (Å²) in [7, 11) is 1.59. The second-order valence-corrected chi connectivity index (χ2v) is 3.56. The van der Waals surface area contributed by atoms with Gasteiger partial charge in [-0.25, -0.2) is 9.97 Å². The summed E-state index contributed by atoms with van der Waals surface area (Å²) in [5.74, 6) is 1.30. The minimum absolute atomic E-state index is 0.0560. The van der Waals surface area contributed by atoms with Gasteiger partial charge in [0.05, 0.1) is 19.8 Å². The van der Waals surface area contributed by atoms with Crippen molar-refractivity contribution in [3.05, 3.63) is 12.4 Å². The molecular formula is C10H16N4O2. The van der Waals surface area contributed by atoms with Crippen LogP contribution in [0, 0.1) is 0 Å². The number of rotatable bonds is 3. The summed E-state index contributed by atoms with van der Waals surface area (Å²) in [4.78, 5) is 10.5. The van der Waals surface area contributed by atoms with Crippen LogP contribution in [0.1, 0.15) is 0 Å². The van der Waals surface area contributed by atoms with Crippen molar-refractivity contribution in [2.24, 2.45) is 5.73 Å². The first kappa shape index (κ1) is 11.1. The molecule has 0 aliphatic carbocycles. The smallest absolute Gasteiger partial charge is 0.257 e. The van der Waals surface area contributed by atoms with Gasteiger partial charge in [-0.1, -0.05) is 0 Å². The first-order valence-electron chi connectivity index (χ1n) is 5.26. The molecule has 6 nitrogen and oxygen atoms in total. The van der Waals surface area contributed by atoms with Crippen LogP contribution in [0.15, 0.2) is 12.4 Å². The van der Waals surface area contributed by atoms with E-state index < -0.39 is 0 Å². The number of aromatic nitrogens is 2. The predicted molar refractivity (Wildman–Crippen MR) is 59.6 cm³/mol. The van der Waals surface area contributed by atoms with Crippen LogP contribution >= 0.6 is 0 Å². The third-order valence-corrected chi connectivity index (χ3v) is 2.54. The van der Waals surface area contributed by atoms with Crippen molar-refractivity contribution in [3.63, 3.8) is 0 Å². The third kappa shape index (κ3) is 2.23. The van der Waals surface area contributed by atoms with Gasteiger partial charge < -0.3 is 20.1 Å². The van der Waals surface area contributed by atoms with Gasteiger partial charge in [-0.3, -0.25) is 0 Å². The van der Waals surface area contributed by atoms with E-state index in [2.05, 4.69) is 14.9 Å². The van der Waals surface area contributed by atoms with E-state index in [1.807, 2.05) is 0 Å². The molecule has 0 aromatic carbocycles. The zero-order chi connectivity index (χ0) is 11.4. The molecule has 0 unspecified atom stereocenters. The highest BCUT2D eigenvalue weighted by molar-refractivity contribution is 5.48. The Morgan fingerprint density at radius 2 is 2.38 bits per heavy atom. The molecule has 2 N–H and O–H groups in total. The summed E-state index contributed by atoms with van der Waals surface area (Å²) in [6, 6.07) is 0. The molecular weight excluding hydrogens is 208 g/mol. The summed E-state index contributed by atoms with van der Waals surface area (Å²) in [6.45, 7) is 2.68. The Bertz CT molecular complexity index is 347. The summed E-state index contributed by atoms with van der Waals surface area (Å²) in [5.41, 5.74) is 5.60. The van der Waals surface area contributed by atoms with Crippen molar-refractivity contribution in [1.82, 2.24) is 9.97 Å². The van der Waals surface area contributed by atoms with Gasteiger partial charge in [0.25, 0.3) is 5.88 Å². The third-order valence-electron chi connectivity index (χ3n) is 2.54. The first-order valence-corrected chi connectivity index (χ1v) is 5.26. The highest BCUT2D eigenvalue weighted by atomic mass is 16.5. The van der Waals surface area contributed by atoms with Crippen molar-refractivity contribution in [2.45, 2.75) is 6.10 Å².